The minimum absolute atomic E-state index is 0. The fourth-order valence-electron chi connectivity index (χ4n) is 3.67. The first-order valence-corrected chi connectivity index (χ1v) is 12.8. The first kappa shape index (κ1) is 29.0. The van der Waals surface area contributed by atoms with Crippen molar-refractivity contribution in [1.29, 1.82) is 0 Å². The molecule has 0 amide bonds. The molecular formula is C30H42N2Ni. The van der Waals surface area contributed by atoms with Crippen molar-refractivity contribution >= 4 is 22.8 Å². The standard InChI is InChI=1S/C30H42N2.Ni/c1-3-5-7-8-9-10-11-12-13-20-26-30(32-28-23-18-15-19-24-28)29(25-6-4-2)31-27-21-16-14-17-22-27;/h14-24,26H,3-13,25H2,1-2H3;/b26-20+,31-29?,32-30?;. The van der Waals surface area contributed by atoms with Gasteiger partial charge in [0, 0.05) is 16.5 Å². The van der Waals surface area contributed by atoms with E-state index in [1.54, 1.807) is 0 Å². The maximum atomic E-state index is 4.99. The van der Waals surface area contributed by atoms with Crippen molar-refractivity contribution in [2.45, 2.75) is 90.9 Å². The third-order valence-corrected chi connectivity index (χ3v) is 5.59. The average Bonchev–Trinajstić information content (AvgIpc) is 2.83. The van der Waals surface area contributed by atoms with Crippen molar-refractivity contribution in [2.75, 3.05) is 0 Å². The van der Waals surface area contributed by atoms with Gasteiger partial charge in [-0.2, -0.15) is 0 Å². The van der Waals surface area contributed by atoms with Crippen LogP contribution in [-0.4, -0.2) is 11.4 Å². The van der Waals surface area contributed by atoms with Crippen LogP contribution < -0.4 is 0 Å². The van der Waals surface area contributed by atoms with Gasteiger partial charge >= 0.3 is 0 Å². The number of rotatable bonds is 16. The van der Waals surface area contributed by atoms with Crippen LogP contribution in [-0.2, 0) is 16.5 Å². The zero-order valence-electron chi connectivity index (χ0n) is 20.6. The number of benzene rings is 2. The number of allylic oxidation sites excluding steroid dienone is 2. The van der Waals surface area contributed by atoms with Crippen LogP contribution in [0.1, 0.15) is 90.9 Å². The van der Waals surface area contributed by atoms with Crippen molar-refractivity contribution < 1.29 is 16.5 Å². The number of hydrogen-bond donors (Lipinski definition) is 0. The van der Waals surface area contributed by atoms with Gasteiger partial charge in [0.05, 0.1) is 22.8 Å². The van der Waals surface area contributed by atoms with E-state index < -0.39 is 0 Å². The molecule has 0 aliphatic carbocycles. The molecule has 33 heavy (non-hydrogen) atoms. The van der Waals surface area contributed by atoms with Gasteiger partial charge in [0.25, 0.3) is 0 Å². The Hall–Kier alpha value is -1.99. The van der Waals surface area contributed by atoms with E-state index in [0.717, 1.165) is 48.5 Å². The molecule has 182 valence electrons. The summed E-state index contributed by atoms with van der Waals surface area (Å²) >= 11 is 0. The summed E-state index contributed by atoms with van der Waals surface area (Å²) in [6.07, 6.45) is 19.6. The summed E-state index contributed by atoms with van der Waals surface area (Å²) in [4.78, 5) is 9.97. The molecule has 2 aromatic carbocycles. The van der Waals surface area contributed by atoms with Gasteiger partial charge in [-0.15, -0.1) is 0 Å². The van der Waals surface area contributed by atoms with Crippen molar-refractivity contribution in [3.63, 3.8) is 0 Å². The van der Waals surface area contributed by atoms with Crippen molar-refractivity contribution in [1.82, 2.24) is 0 Å². The molecule has 0 saturated carbocycles. The molecule has 0 aliphatic heterocycles. The molecule has 3 heteroatoms. The van der Waals surface area contributed by atoms with Crippen LogP contribution in [0.25, 0.3) is 0 Å². The van der Waals surface area contributed by atoms with Crippen LogP contribution in [0.4, 0.5) is 11.4 Å². The molecule has 0 aliphatic rings. The Morgan fingerprint density at radius 2 is 1.15 bits per heavy atom. The zero-order chi connectivity index (χ0) is 22.7. The molecule has 0 N–H and O–H groups in total. The third kappa shape index (κ3) is 13.3. The number of hydrogen-bond acceptors (Lipinski definition) is 2. The minimum Gasteiger partial charge on any atom is -0.251 e. The SMILES string of the molecule is CCCCCCCCCC/C=C/C(=Nc1ccccc1)C(CCCC)=Nc1ccccc1.[Ni]. The molecule has 2 rings (SSSR count). The Morgan fingerprint density at radius 3 is 1.73 bits per heavy atom. The van der Waals surface area contributed by atoms with E-state index in [0.29, 0.717) is 0 Å². The topological polar surface area (TPSA) is 24.7 Å². The Kier molecular flexibility index (Phi) is 17.1. The number of unbranched alkanes of at least 4 members (excludes halogenated alkanes) is 9. The summed E-state index contributed by atoms with van der Waals surface area (Å²) < 4.78 is 0. The fourth-order valence-corrected chi connectivity index (χ4v) is 3.67. The molecule has 0 atom stereocenters. The van der Waals surface area contributed by atoms with Crippen LogP contribution in [0.2, 0.25) is 0 Å². The molecule has 2 aromatic rings. The summed E-state index contributed by atoms with van der Waals surface area (Å²) in [5, 5.41) is 0. The van der Waals surface area contributed by atoms with Gasteiger partial charge in [0.1, 0.15) is 0 Å². The molecule has 0 saturated heterocycles. The second-order valence-electron chi connectivity index (χ2n) is 8.50. The van der Waals surface area contributed by atoms with E-state index in [4.69, 9.17) is 9.98 Å². The third-order valence-electron chi connectivity index (χ3n) is 5.59. The average molecular weight is 489 g/mol. The first-order valence-electron chi connectivity index (χ1n) is 12.8. The van der Waals surface area contributed by atoms with Gasteiger partial charge in [0.15, 0.2) is 0 Å². The van der Waals surface area contributed by atoms with E-state index >= 15 is 0 Å². The Morgan fingerprint density at radius 1 is 0.636 bits per heavy atom. The molecule has 0 spiro atoms. The monoisotopic (exact) mass is 488 g/mol. The summed E-state index contributed by atoms with van der Waals surface area (Å²) in [7, 11) is 0. The second-order valence-corrected chi connectivity index (χ2v) is 8.50. The van der Waals surface area contributed by atoms with Gasteiger partial charge < -0.3 is 0 Å². The van der Waals surface area contributed by atoms with Gasteiger partial charge in [0.2, 0.25) is 0 Å². The van der Waals surface area contributed by atoms with E-state index in [9.17, 15) is 0 Å². The Balaban J connectivity index is 0.00000544. The Bertz CT molecular complexity index is 810. The molecule has 0 heterocycles. The smallest absolute Gasteiger partial charge is 0.0848 e. The fraction of sp³-hybridized carbons (Fsp3) is 0.467. The normalized spacial score (nSPS) is 12.2. The van der Waals surface area contributed by atoms with E-state index in [1.807, 2.05) is 36.4 Å². The maximum absolute atomic E-state index is 4.99. The number of para-hydroxylation sites is 2. The predicted octanol–water partition coefficient (Wildman–Crippen LogP) is 9.81. The minimum atomic E-state index is 0. The van der Waals surface area contributed by atoms with Crippen LogP contribution in [0.15, 0.2) is 82.8 Å². The van der Waals surface area contributed by atoms with Crippen LogP contribution >= 0.6 is 0 Å². The number of nitrogens with zero attached hydrogens (tertiary/aromatic N) is 2. The largest absolute Gasteiger partial charge is 0.251 e. The molecule has 0 aromatic heterocycles. The number of aliphatic imine (C=N–C) groups is 2. The maximum Gasteiger partial charge on any atom is 0.0848 e. The van der Waals surface area contributed by atoms with Crippen LogP contribution in [0.3, 0.4) is 0 Å². The van der Waals surface area contributed by atoms with Crippen molar-refractivity contribution in [3.05, 3.63) is 72.8 Å². The summed E-state index contributed by atoms with van der Waals surface area (Å²) in [6.45, 7) is 4.51. The van der Waals surface area contributed by atoms with E-state index in [-0.39, 0.29) is 16.5 Å². The molecular weight excluding hydrogens is 447 g/mol. The van der Waals surface area contributed by atoms with E-state index in [1.165, 1.54) is 51.4 Å². The van der Waals surface area contributed by atoms with Gasteiger partial charge in [-0.1, -0.05) is 108 Å². The molecule has 2 nitrogen and oxygen atoms in total. The van der Waals surface area contributed by atoms with E-state index in [2.05, 4.69) is 50.3 Å². The summed E-state index contributed by atoms with van der Waals surface area (Å²) in [5.41, 5.74) is 4.05. The van der Waals surface area contributed by atoms with Gasteiger partial charge in [-0.05, 0) is 56.0 Å². The summed E-state index contributed by atoms with van der Waals surface area (Å²) in [6, 6.07) is 20.5. The molecule has 0 bridgehead atoms. The zero-order valence-corrected chi connectivity index (χ0v) is 21.6. The first-order chi connectivity index (χ1) is 15.8. The van der Waals surface area contributed by atoms with Crippen LogP contribution in [0.5, 0.6) is 0 Å². The molecule has 0 unspecified atom stereocenters. The van der Waals surface area contributed by atoms with Crippen molar-refractivity contribution in [2.24, 2.45) is 9.98 Å². The summed E-state index contributed by atoms with van der Waals surface area (Å²) in [5.74, 6) is 0. The molecule has 0 fully saturated rings. The second kappa shape index (κ2) is 19.5. The van der Waals surface area contributed by atoms with Crippen molar-refractivity contribution in [3.8, 4) is 0 Å². The van der Waals surface area contributed by atoms with Gasteiger partial charge in [-0.25, -0.2) is 4.99 Å². The Labute approximate surface area is 212 Å². The quantitative estimate of drug-likeness (QED) is 0.127. The molecule has 0 radical (unpaired) electrons. The predicted molar refractivity (Wildman–Crippen MR) is 143 cm³/mol. The van der Waals surface area contributed by atoms with Gasteiger partial charge in [-0.3, -0.25) is 4.99 Å². The van der Waals surface area contributed by atoms with Crippen LogP contribution in [0, 0.1) is 0 Å².